The minimum Gasteiger partial charge on any atom is -0.381 e. The summed E-state index contributed by atoms with van der Waals surface area (Å²) in [5.74, 6) is 0.320. The van der Waals surface area contributed by atoms with Crippen molar-refractivity contribution in [2.75, 3.05) is 18.5 Å². The summed E-state index contributed by atoms with van der Waals surface area (Å²) in [6.45, 7) is 3.44. The molecule has 3 aromatic rings. The maximum absolute atomic E-state index is 12.7. The second kappa shape index (κ2) is 6.64. The molecule has 1 amide bonds. The van der Waals surface area contributed by atoms with Gasteiger partial charge in [-0.15, -0.1) is 0 Å². The lowest BCUT2D eigenvalue weighted by molar-refractivity contribution is 0.0853. The monoisotopic (exact) mass is 336 g/mol. The Morgan fingerprint density at radius 3 is 2.96 bits per heavy atom. The van der Waals surface area contributed by atoms with Crippen LogP contribution in [0.5, 0.6) is 0 Å². The molecule has 0 spiro atoms. The highest BCUT2D eigenvalue weighted by atomic mass is 16.5. The lowest BCUT2D eigenvalue weighted by Crippen LogP contribution is -2.17. The molecule has 6 heteroatoms. The predicted molar refractivity (Wildman–Crippen MR) is 94.9 cm³/mol. The average molecular weight is 336 g/mol. The van der Waals surface area contributed by atoms with Gasteiger partial charge in [-0.05, 0) is 43.4 Å². The Morgan fingerprint density at radius 1 is 1.28 bits per heavy atom. The zero-order valence-corrected chi connectivity index (χ0v) is 14.1. The Hall–Kier alpha value is -2.73. The topological polar surface area (TPSA) is 68.5 Å². The van der Waals surface area contributed by atoms with Crippen LogP contribution in [0.1, 0.15) is 40.4 Å². The molecule has 0 saturated carbocycles. The Bertz CT molecular complexity index is 913. The number of ether oxygens (including phenoxy) is 1. The third-order valence-corrected chi connectivity index (χ3v) is 4.65. The predicted octanol–water partition coefficient (Wildman–Crippen LogP) is 3.18. The van der Waals surface area contributed by atoms with Crippen LogP contribution >= 0.6 is 0 Å². The molecule has 25 heavy (non-hydrogen) atoms. The lowest BCUT2D eigenvalue weighted by Gasteiger charge is -2.22. The van der Waals surface area contributed by atoms with E-state index in [1.807, 2.05) is 25.1 Å². The van der Waals surface area contributed by atoms with E-state index in [1.54, 1.807) is 16.9 Å². The van der Waals surface area contributed by atoms with Crippen LogP contribution in [-0.4, -0.2) is 33.7 Å². The third-order valence-electron chi connectivity index (χ3n) is 4.65. The van der Waals surface area contributed by atoms with Gasteiger partial charge >= 0.3 is 0 Å². The van der Waals surface area contributed by atoms with Crippen molar-refractivity contribution in [3.63, 3.8) is 0 Å². The second-order valence-electron chi connectivity index (χ2n) is 6.34. The summed E-state index contributed by atoms with van der Waals surface area (Å²) in [5.41, 5.74) is 3.99. The van der Waals surface area contributed by atoms with Crippen molar-refractivity contribution in [1.82, 2.24) is 14.6 Å². The Kier molecular flexibility index (Phi) is 4.19. The molecule has 1 N–H and O–H groups in total. The lowest BCUT2D eigenvalue weighted by atomic mass is 9.91. The maximum atomic E-state index is 12.7. The summed E-state index contributed by atoms with van der Waals surface area (Å²) in [6.07, 6.45) is 5.43. The van der Waals surface area contributed by atoms with Crippen LogP contribution in [0.2, 0.25) is 0 Å². The maximum Gasteiger partial charge on any atom is 0.259 e. The Morgan fingerprint density at radius 2 is 2.12 bits per heavy atom. The number of nitrogens with zero attached hydrogens (tertiary/aromatic N) is 3. The van der Waals surface area contributed by atoms with Crippen molar-refractivity contribution in [3.05, 3.63) is 59.5 Å². The molecule has 1 aliphatic rings. The molecular weight excluding hydrogens is 316 g/mol. The molecule has 0 unspecified atom stereocenters. The van der Waals surface area contributed by atoms with Crippen LogP contribution in [0.15, 0.2) is 42.7 Å². The molecule has 1 aliphatic heterocycles. The van der Waals surface area contributed by atoms with E-state index in [0.717, 1.165) is 37.4 Å². The molecule has 3 heterocycles. The first-order chi connectivity index (χ1) is 12.2. The third kappa shape index (κ3) is 3.25. The van der Waals surface area contributed by atoms with E-state index in [0.29, 0.717) is 17.2 Å². The van der Waals surface area contributed by atoms with E-state index in [4.69, 9.17) is 4.74 Å². The first-order valence-electron chi connectivity index (χ1n) is 8.51. The van der Waals surface area contributed by atoms with Crippen molar-refractivity contribution < 1.29 is 9.53 Å². The number of aromatic nitrogens is 3. The van der Waals surface area contributed by atoms with Gasteiger partial charge in [-0.3, -0.25) is 4.79 Å². The number of amides is 1. The standard InChI is InChI=1S/C19H20N4O2/c1-13-17(12-23-18(21-13)5-8-20-23)19(24)22-16-4-2-3-15(11-16)14-6-9-25-10-7-14/h2-5,8,11-12,14H,6-7,9-10H2,1H3,(H,22,24). The molecule has 1 aromatic carbocycles. The molecule has 128 valence electrons. The van der Waals surface area contributed by atoms with Gasteiger partial charge in [-0.1, -0.05) is 12.1 Å². The van der Waals surface area contributed by atoms with Crippen LogP contribution in [0.25, 0.3) is 5.65 Å². The summed E-state index contributed by atoms with van der Waals surface area (Å²) < 4.78 is 7.04. The highest BCUT2D eigenvalue weighted by Crippen LogP contribution is 2.28. The van der Waals surface area contributed by atoms with Crippen molar-refractivity contribution in [1.29, 1.82) is 0 Å². The van der Waals surface area contributed by atoms with Crippen LogP contribution in [0, 0.1) is 6.92 Å². The highest BCUT2D eigenvalue weighted by molar-refractivity contribution is 6.04. The molecule has 1 saturated heterocycles. The number of aryl methyl sites for hydroxylation is 1. The van der Waals surface area contributed by atoms with E-state index in [1.165, 1.54) is 5.56 Å². The second-order valence-corrected chi connectivity index (χ2v) is 6.34. The van der Waals surface area contributed by atoms with Crippen LogP contribution < -0.4 is 5.32 Å². The average Bonchev–Trinajstić information content (AvgIpc) is 3.09. The number of carbonyl (C=O) groups is 1. The zero-order chi connectivity index (χ0) is 17.2. The molecule has 1 fully saturated rings. The number of hydrogen-bond acceptors (Lipinski definition) is 4. The van der Waals surface area contributed by atoms with Gasteiger partial charge in [0.1, 0.15) is 0 Å². The van der Waals surface area contributed by atoms with Crippen molar-refractivity contribution in [3.8, 4) is 0 Å². The number of carbonyl (C=O) groups excluding carboxylic acids is 1. The van der Waals surface area contributed by atoms with Gasteiger partial charge in [0.2, 0.25) is 0 Å². The minimum absolute atomic E-state index is 0.175. The molecule has 2 aromatic heterocycles. The minimum atomic E-state index is -0.175. The number of rotatable bonds is 3. The van der Waals surface area contributed by atoms with E-state index in [-0.39, 0.29) is 5.91 Å². The number of benzene rings is 1. The van der Waals surface area contributed by atoms with Gasteiger partial charge in [-0.25, -0.2) is 9.50 Å². The summed E-state index contributed by atoms with van der Waals surface area (Å²) in [5, 5.41) is 7.13. The van der Waals surface area contributed by atoms with Crippen molar-refractivity contribution >= 4 is 17.2 Å². The SMILES string of the molecule is Cc1nc2ccnn2cc1C(=O)Nc1cccc(C2CCOCC2)c1. The largest absolute Gasteiger partial charge is 0.381 e. The normalized spacial score (nSPS) is 15.4. The van der Waals surface area contributed by atoms with E-state index >= 15 is 0 Å². The quantitative estimate of drug-likeness (QED) is 0.797. The molecule has 6 nitrogen and oxygen atoms in total. The molecule has 0 aliphatic carbocycles. The van der Waals surface area contributed by atoms with Gasteiger partial charge in [-0.2, -0.15) is 5.10 Å². The molecule has 0 bridgehead atoms. The van der Waals surface area contributed by atoms with E-state index in [9.17, 15) is 4.79 Å². The van der Waals surface area contributed by atoms with Crippen LogP contribution in [0.4, 0.5) is 5.69 Å². The molecular formula is C19H20N4O2. The molecule has 4 rings (SSSR count). The van der Waals surface area contributed by atoms with Gasteiger partial charge in [0, 0.05) is 31.2 Å². The summed E-state index contributed by atoms with van der Waals surface area (Å²) in [4.78, 5) is 17.1. The van der Waals surface area contributed by atoms with Crippen LogP contribution in [0.3, 0.4) is 0 Å². The smallest absolute Gasteiger partial charge is 0.259 e. The van der Waals surface area contributed by atoms with E-state index in [2.05, 4.69) is 27.5 Å². The van der Waals surface area contributed by atoms with Gasteiger partial charge in [0.15, 0.2) is 5.65 Å². The van der Waals surface area contributed by atoms with Crippen molar-refractivity contribution in [2.24, 2.45) is 0 Å². The number of fused-ring (bicyclic) bond motifs is 1. The van der Waals surface area contributed by atoms with Gasteiger partial charge in [0.05, 0.1) is 17.5 Å². The summed E-state index contributed by atoms with van der Waals surface area (Å²) >= 11 is 0. The zero-order valence-electron chi connectivity index (χ0n) is 14.1. The number of anilines is 1. The Labute approximate surface area is 145 Å². The van der Waals surface area contributed by atoms with Crippen LogP contribution in [-0.2, 0) is 4.74 Å². The highest BCUT2D eigenvalue weighted by Gasteiger charge is 2.17. The fourth-order valence-electron chi connectivity index (χ4n) is 3.27. The first-order valence-corrected chi connectivity index (χ1v) is 8.51. The summed E-state index contributed by atoms with van der Waals surface area (Å²) in [6, 6.07) is 9.89. The fraction of sp³-hybridized carbons (Fsp3) is 0.316. The van der Waals surface area contributed by atoms with Gasteiger partial charge < -0.3 is 10.1 Å². The number of hydrogen-bond donors (Lipinski definition) is 1. The molecule has 0 radical (unpaired) electrons. The first kappa shape index (κ1) is 15.8. The fourth-order valence-corrected chi connectivity index (χ4v) is 3.27. The summed E-state index contributed by atoms with van der Waals surface area (Å²) in [7, 11) is 0. The number of nitrogens with one attached hydrogen (secondary N) is 1. The van der Waals surface area contributed by atoms with Crippen molar-refractivity contribution in [2.45, 2.75) is 25.7 Å². The Balaban J connectivity index is 1.56. The van der Waals surface area contributed by atoms with Gasteiger partial charge in [0.25, 0.3) is 5.91 Å². The molecule has 0 atom stereocenters. The van der Waals surface area contributed by atoms with E-state index < -0.39 is 0 Å².